The maximum Gasteiger partial charge on any atom is 0.338 e. The van der Waals surface area contributed by atoms with E-state index in [-0.39, 0.29) is 23.7 Å². The fraction of sp³-hybridized carbons (Fsp3) is 0.353. The van der Waals surface area contributed by atoms with Gasteiger partial charge in [0.1, 0.15) is 0 Å². The molecule has 26 heavy (non-hydrogen) atoms. The van der Waals surface area contributed by atoms with Crippen LogP contribution in [0.5, 0.6) is 11.5 Å². The third-order valence-corrected chi connectivity index (χ3v) is 4.18. The van der Waals surface area contributed by atoms with Crippen LogP contribution in [-0.4, -0.2) is 31.7 Å². The molecule has 0 fully saturated rings. The van der Waals surface area contributed by atoms with Crippen molar-refractivity contribution in [2.75, 3.05) is 13.7 Å². The van der Waals surface area contributed by atoms with Crippen LogP contribution in [0, 0.1) is 0 Å². The highest BCUT2D eigenvalue weighted by Gasteiger charge is 2.33. The molecule has 0 saturated carbocycles. The van der Waals surface area contributed by atoms with Gasteiger partial charge in [0.25, 0.3) is 0 Å². The van der Waals surface area contributed by atoms with Crippen LogP contribution >= 0.6 is 15.9 Å². The first-order valence-electron chi connectivity index (χ1n) is 7.79. The summed E-state index contributed by atoms with van der Waals surface area (Å²) >= 11 is 3.33. The van der Waals surface area contributed by atoms with Gasteiger partial charge < -0.3 is 24.8 Å². The number of halogens is 1. The summed E-state index contributed by atoms with van der Waals surface area (Å²) in [5.41, 5.74) is 1.24. The van der Waals surface area contributed by atoms with E-state index in [0.717, 1.165) is 0 Å². The molecule has 1 aliphatic heterocycles. The van der Waals surface area contributed by atoms with Crippen LogP contribution in [0.3, 0.4) is 0 Å². The molecule has 0 aliphatic carbocycles. The number of esters is 2. The molecule has 1 aromatic rings. The molecule has 0 unspecified atom stereocenters. The van der Waals surface area contributed by atoms with Crippen molar-refractivity contribution < 1.29 is 28.6 Å². The van der Waals surface area contributed by atoms with Crippen LogP contribution in [-0.2, 0) is 14.3 Å². The van der Waals surface area contributed by atoms with Crippen LogP contribution in [0.25, 0.3) is 0 Å². The van der Waals surface area contributed by atoms with Crippen molar-refractivity contribution in [2.24, 2.45) is 0 Å². The summed E-state index contributed by atoms with van der Waals surface area (Å²) in [6.45, 7) is 4.80. The third-order valence-electron chi connectivity index (χ3n) is 3.60. The largest absolute Gasteiger partial charge is 0.493 e. The molecule has 2 rings (SSSR count). The first-order valence-corrected chi connectivity index (χ1v) is 8.59. The fourth-order valence-corrected chi connectivity index (χ4v) is 3.11. The van der Waals surface area contributed by atoms with Crippen LogP contribution in [0.1, 0.15) is 32.4 Å². The molecule has 0 spiro atoms. The highest BCUT2D eigenvalue weighted by Crippen LogP contribution is 2.40. The zero-order chi connectivity index (χ0) is 19.4. The number of urea groups is 1. The Hall–Kier alpha value is -2.55. The van der Waals surface area contributed by atoms with Gasteiger partial charge in [0, 0.05) is 12.6 Å². The Morgan fingerprint density at radius 2 is 2.00 bits per heavy atom. The van der Waals surface area contributed by atoms with E-state index in [9.17, 15) is 14.4 Å². The first-order chi connectivity index (χ1) is 12.3. The molecule has 1 heterocycles. The van der Waals surface area contributed by atoms with Crippen LogP contribution in [0.4, 0.5) is 4.79 Å². The number of benzene rings is 1. The van der Waals surface area contributed by atoms with Gasteiger partial charge in [0.15, 0.2) is 11.5 Å². The van der Waals surface area contributed by atoms with Gasteiger partial charge >= 0.3 is 18.0 Å². The van der Waals surface area contributed by atoms with E-state index < -0.39 is 24.0 Å². The van der Waals surface area contributed by atoms with Gasteiger partial charge in [0.2, 0.25) is 0 Å². The number of ether oxygens (including phenoxy) is 3. The molecule has 0 saturated heterocycles. The highest BCUT2D eigenvalue weighted by molar-refractivity contribution is 9.10. The summed E-state index contributed by atoms with van der Waals surface area (Å²) in [5, 5.41) is 5.26. The molecule has 1 aromatic carbocycles. The van der Waals surface area contributed by atoms with Crippen molar-refractivity contribution in [3.63, 3.8) is 0 Å². The number of carbonyl (C=O) groups is 3. The summed E-state index contributed by atoms with van der Waals surface area (Å²) in [6, 6.07) is 2.04. The van der Waals surface area contributed by atoms with Crippen molar-refractivity contribution in [3.8, 4) is 11.5 Å². The second kappa shape index (κ2) is 8.22. The molecular weight excluding hydrogens is 408 g/mol. The van der Waals surface area contributed by atoms with Gasteiger partial charge in [-0.15, -0.1) is 0 Å². The maximum atomic E-state index is 12.4. The summed E-state index contributed by atoms with van der Waals surface area (Å²) < 4.78 is 16.0. The van der Waals surface area contributed by atoms with Gasteiger partial charge in [0.05, 0.1) is 29.8 Å². The first kappa shape index (κ1) is 19.8. The molecule has 9 heteroatoms. The quantitative estimate of drug-likeness (QED) is 0.553. The van der Waals surface area contributed by atoms with Crippen molar-refractivity contribution in [1.82, 2.24) is 10.6 Å². The average Bonchev–Trinajstić information content (AvgIpc) is 2.55. The molecule has 1 aliphatic rings. The Balaban J connectivity index is 2.55. The number of nitrogens with one attached hydrogen (secondary N) is 2. The summed E-state index contributed by atoms with van der Waals surface area (Å²) in [6.07, 6.45) is 0. The molecule has 2 amide bonds. The molecule has 8 nitrogen and oxygen atoms in total. The molecule has 0 aromatic heterocycles. The number of hydrogen-bond acceptors (Lipinski definition) is 6. The second-order valence-electron chi connectivity index (χ2n) is 5.42. The Labute approximate surface area is 159 Å². The van der Waals surface area contributed by atoms with Crippen LogP contribution < -0.4 is 20.1 Å². The average molecular weight is 427 g/mol. The van der Waals surface area contributed by atoms with Gasteiger partial charge in [-0.3, -0.25) is 4.79 Å². The number of amides is 2. The minimum atomic E-state index is -0.751. The molecule has 2 N–H and O–H groups in total. The van der Waals surface area contributed by atoms with E-state index in [2.05, 4.69) is 26.6 Å². The second-order valence-corrected chi connectivity index (χ2v) is 6.27. The summed E-state index contributed by atoms with van der Waals surface area (Å²) in [4.78, 5) is 35.6. The summed E-state index contributed by atoms with van der Waals surface area (Å²) in [7, 11) is 1.42. The van der Waals surface area contributed by atoms with E-state index in [1.807, 2.05) is 0 Å². The fourth-order valence-electron chi connectivity index (χ4n) is 2.57. The van der Waals surface area contributed by atoms with E-state index in [1.165, 1.54) is 14.0 Å². The van der Waals surface area contributed by atoms with Crippen molar-refractivity contribution in [3.05, 3.63) is 33.4 Å². The number of carbonyl (C=O) groups excluding carboxylic acids is 3. The Morgan fingerprint density at radius 1 is 1.31 bits per heavy atom. The standard InChI is InChI=1S/C17H19BrN2O6/c1-5-25-16(22)13-8(2)19-17(23)20-14(13)10-6-11(18)15(26-9(3)21)12(7-10)24-4/h6-7,14H,5H2,1-4H3,(H2,19,20,23)/t14-/m1/s1. The minimum Gasteiger partial charge on any atom is -0.493 e. The van der Waals surface area contributed by atoms with E-state index >= 15 is 0 Å². The van der Waals surface area contributed by atoms with Crippen molar-refractivity contribution in [2.45, 2.75) is 26.8 Å². The van der Waals surface area contributed by atoms with Gasteiger partial charge in [-0.2, -0.15) is 0 Å². The minimum absolute atomic E-state index is 0.203. The van der Waals surface area contributed by atoms with Crippen LogP contribution in [0.2, 0.25) is 0 Å². The zero-order valence-electron chi connectivity index (χ0n) is 14.8. The lowest BCUT2D eigenvalue weighted by molar-refractivity contribution is -0.139. The smallest absolute Gasteiger partial charge is 0.338 e. The number of hydrogen-bond donors (Lipinski definition) is 2. The van der Waals surface area contributed by atoms with Gasteiger partial charge in [-0.25, -0.2) is 9.59 Å². The van der Waals surface area contributed by atoms with Gasteiger partial charge in [-0.1, -0.05) is 0 Å². The summed E-state index contributed by atoms with van der Waals surface area (Å²) in [5.74, 6) is -0.558. The van der Waals surface area contributed by atoms with Crippen molar-refractivity contribution >= 4 is 33.9 Å². The topological polar surface area (TPSA) is 103 Å². The lowest BCUT2D eigenvalue weighted by Crippen LogP contribution is -2.45. The zero-order valence-corrected chi connectivity index (χ0v) is 16.4. The number of methoxy groups -OCH3 is 1. The van der Waals surface area contributed by atoms with E-state index in [4.69, 9.17) is 14.2 Å². The number of allylic oxidation sites excluding steroid dienone is 1. The molecule has 1 atom stereocenters. The van der Waals surface area contributed by atoms with Crippen LogP contribution in [0.15, 0.2) is 27.9 Å². The predicted molar refractivity (Wildman–Crippen MR) is 95.7 cm³/mol. The Kier molecular flexibility index (Phi) is 6.25. The Morgan fingerprint density at radius 3 is 2.58 bits per heavy atom. The molecule has 0 bridgehead atoms. The monoisotopic (exact) mass is 426 g/mol. The molecule has 0 radical (unpaired) electrons. The Bertz CT molecular complexity index is 790. The highest BCUT2D eigenvalue weighted by atomic mass is 79.9. The number of rotatable bonds is 5. The van der Waals surface area contributed by atoms with E-state index in [1.54, 1.807) is 26.0 Å². The van der Waals surface area contributed by atoms with Crippen molar-refractivity contribution in [1.29, 1.82) is 0 Å². The predicted octanol–water partition coefficient (Wildman–Crippen LogP) is 2.57. The lowest BCUT2D eigenvalue weighted by Gasteiger charge is -2.28. The SMILES string of the molecule is CCOC(=O)C1=C(C)NC(=O)N[C@@H]1c1cc(Br)c(OC(C)=O)c(OC)c1. The van der Waals surface area contributed by atoms with E-state index in [0.29, 0.717) is 15.7 Å². The molecular formula is C17H19BrN2O6. The molecule has 140 valence electrons. The third kappa shape index (κ3) is 4.16. The van der Waals surface area contributed by atoms with Gasteiger partial charge in [-0.05, 0) is 47.5 Å². The maximum absolute atomic E-state index is 12.4. The normalized spacial score (nSPS) is 16.5. The lowest BCUT2D eigenvalue weighted by atomic mass is 9.95.